The molecule has 0 radical (unpaired) electrons. The number of benzene rings is 2. The molecule has 3 saturated heterocycles. The Labute approximate surface area is 379 Å². The molecule has 3 fully saturated rings. The molecular weight excluding hydrogens is 849 g/mol. The summed E-state index contributed by atoms with van der Waals surface area (Å²) >= 11 is 3.24. The first-order valence-corrected chi connectivity index (χ1v) is 24.0. The first-order chi connectivity index (χ1) is 30.9. The number of likely N-dealkylation sites (tertiary alicyclic amines) is 2. The first kappa shape index (κ1) is 42.3. The van der Waals surface area contributed by atoms with Crippen molar-refractivity contribution in [3.63, 3.8) is 0 Å². The Balaban J connectivity index is 0.762. The van der Waals surface area contributed by atoms with E-state index in [2.05, 4.69) is 35.5 Å². The van der Waals surface area contributed by atoms with Crippen LogP contribution in [0.25, 0.3) is 31.9 Å². The molecule has 10 rings (SSSR count). The Morgan fingerprint density at radius 2 is 1.78 bits per heavy atom. The van der Waals surface area contributed by atoms with Crippen molar-refractivity contribution in [3.05, 3.63) is 93.6 Å². The summed E-state index contributed by atoms with van der Waals surface area (Å²) in [5.41, 5.74) is 7.25. The van der Waals surface area contributed by atoms with Crippen LogP contribution in [0.4, 0.5) is 5.82 Å². The standard InChI is InChI=1S/C48H52N8O6S2/c1-25(2)36(48(61)56-23-33(57)17-40(56)45(59)50-26(3)28-9-11-29(12-10-28)44-27(4)49-24-63-44)18-34-19-43(53-62-34)54-21-32-16-31(54)22-55(32)47(60)30-13-14-42-37(15-30)38-20-39(51-52-46(38)64-42)35-7-5-6-8-41(35)58/h5-12,19-20,24-26,30-33,36,40,57-58H,13-18,21-23H2,1-4H3,(H,50,59)/t26-,30-,31-,32-,33+,36-,40-/m0/s1. The normalized spacial score (nSPS) is 22.7. The highest BCUT2D eigenvalue weighted by molar-refractivity contribution is 7.18. The van der Waals surface area contributed by atoms with E-state index in [0.717, 1.165) is 51.2 Å². The van der Waals surface area contributed by atoms with Gasteiger partial charge in [-0.1, -0.05) is 55.4 Å². The zero-order valence-electron chi connectivity index (χ0n) is 36.3. The number of para-hydroxylation sites is 1. The van der Waals surface area contributed by atoms with Crippen LogP contribution in [-0.2, 0) is 33.6 Å². The maximum Gasteiger partial charge on any atom is 0.243 e. The molecule has 0 unspecified atom stereocenters. The molecule has 3 amide bonds. The summed E-state index contributed by atoms with van der Waals surface area (Å²) in [5, 5.41) is 38.7. The number of carbonyl (C=O) groups is 3. The second-order valence-corrected chi connectivity index (χ2v) is 20.3. The quantitative estimate of drug-likeness (QED) is 0.126. The number of piperazine rings is 1. The number of nitrogens with one attached hydrogen (secondary N) is 1. The van der Waals surface area contributed by atoms with Crippen molar-refractivity contribution in [2.75, 3.05) is 24.5 Å². The first-order valence-electron chi connectivity index (χ1n) is 22.3. The zero-order valence-corrected chi connectivity index (χ0v) is 37.9. The van der Waals surface area contributed by atoms with Gasteiger partial charge in [0, 0.05) is 66.2 Å². The van der Waals surface area contributed by atoms with Crippen LogP contribution in [0.3, 0.4) is 0 Å². The number of amides is 3. The summed E-state index contributed by atoms with van der Waals surface area (Å²) in [6.07, 6.45) is 2.81. The summed E-state index contributed by atoms with van der Waals surface area (Å²) in [6.45, 7) is 9.25. The number of anilines is 1. The van der Waals surface area contributed by atoms with Crippen molar-refractivity contribution in [1.82, 2.24) is 35.5 Å². The van der Waals surface area contributed by atoms with E-state index in [4.69, 9.17) is 4.52 Å². The number of hydrogen-bond donors (Lipinski definition) is 3. The fourth-order valence-corrected chi connectivity index (χ4v) is 12.3. The number of aryl methyl sites for hydroxylation is 2. The van der Waals surface area contributed by atoms with Crippen molar-refractivity contribution in [2.45, 2.75) is 96.5 Å². The van der Waals surface area contributed by atoms with Crippen LogP contribution in [0.15, 0.2) is 70.7 Å². The van der Waals surface area contributed by atoms with Gasteiger partial charge in [-0.15, -0.1) is 32.9 Å². The molecule has 7 atom stereocenters. The molecule has 64 heavy (non-hydrogen) atoms. The van der Waals surface area contributed by atoms with E-state index in [1.54, 1.807) is 39.7 Å². The number of phenols is 1. The molecule has 14 nitrogen and oxygen atoms in total. The van der Waals surface area contributed by atoms with E-state index in [1.807, 2.05) is 81.7 Å². The fourth-order valence-electron chi connectivity index (χ4n) is 10.3. The molecule has 4 aromatic heterocycles. The van der Waals surface area contributed by atoms with Crippen molar-refractivity contribution < 1.29 is 29.1 Å². The van der Waals surface area contributed by atoms with E-state index in [-0.39, 0.29) is 66.4 Å². The SMILES string of the molecule is Cc1ncsc1-c1ccc([C@H](C)NC(=O)[C@@H]2C[C@@H](O)CN2C(=O)[C@@H](Cc2cc(N3C[C@@H]4C[C@H]3CN4C(=O)[C@H]3CCc4sc5nnc(-c6ccccc6O)cc5c4C3)no2)C(C)C)cc1. The van der Waals surface area contributed by atoms with Crippen LogP contribution in [-0.4, -0.2) is 102 Å². The summed E-state index contributed by atoms with van der Waals surface area (Å²) in [4.78, 5) is 55.7. The number of rotatable bonds is 11. The molecule has 16 heteroatoms. The second-order valence-electron chi connectivity index (χ2n) is 18.3. The van der Waals surface area contributed by atoms with Gasteiger partial charge in [0.1, 0.15) is 22.4 Å². The highest BCUT2D eigenvalue weighted by Gasteiger charge is 2.48. The van der Waals surface area contributed by atoms with Gasteiger partial charge in [-0.3, -0.25) is 14.4 Å². The molecular formula is C48H52N8O6S2. The van der Waals surface area contributed by atoms with Crippen LogP contribution in [0.2, 0.25) is 0 Å². The number of aromatic nitrogens is 4. The van der Waals surface area contributed by atoms with Crippen molar-refractivity contribution >= 4 is 56.4 Å². The number of aliphatic hydroxyl groups excluding tert-OH is 1. The predicted octanol–water partition coefficient (Wildman–Crippen LogP) is 6.73. The average Bonchev–Trinajstić information content (AvgIpc) is 4.17. The van der Waals surface area contributed by atoms with Crippen LogP contribution in [0.5, 0.6) is 5.75 Å². The van der Waals surface area contributed by atoms with Crippen LogP contribution in [0, 0.1) is 24.7 Å². The topological polar surface area (TPSA) is 178 Å². The van der Waals surface area contributed by atoms with Crippen molar-refractivity contribution in [3.8, 4) is 27.4 Å². The number of aliphatic hydroxyl groups is 1. The van der Waals surface area contributed by atoms with Gasteiger partial charge >= 0.3 is 0 Å². The van der Waals surface area contributed by atoms with E-state index in [9.17, 15) is 24.6 Å². The van der Waals surface area contributed by atoms with E-state index in [0.29, 0.717) is 48.8 Å². The second kappa shape index (κ2) is 17.0. The van der Waals surface area contributed by atoms with Gasteiger partial charge in [0.25, 0.3) is 0 Å². The lowest BCUT2D eigenvalue weighted by atomic mass is 9.86. The summed E-state index contributed by atoms with van der Waals surface area (Å²) in [7, 11) is 0. The van der Waals surface area contributed by atoms with Gasteiger partial charge in [-0.25, -0.2) is 4.98 Å². The average molecular weight is 901 g/mol. The number of phenolic OH excluding ortho intramolecular Hbond substituents is 1. The third-order valence-electron chi connectivity index (χ3n) is 13.9. The molecule has 2 aromatic carbocycles. The maximum absolute atomic E-state index is 14.3. The maximum atomic E-state index is 14.3. The third-order valence-corrected chi connectivity index (χ3v) is 16.1. The zero-order chi connectivity index (χ0) is 44.4. The molecule has 2 bridgehead atoms. The largest absolute Gasteiger partial charge is 0.507 e. The Bertz CT molecular complexity index is 2730. The smallest absolute Gasteiger partial charge is 0.243 e. The number of thiazole rings is 1. The molecule has 4 aliphatic rings. The molecule has 3 aliphatic heterocycles. The Kier molecular flexibility index (Phi) is 11.2. The predicted molar refractivity (Wildman–Crippen MR) is 245 cm³/mol. The van der Waals surface area contributed by atoms with Crippen LogP contribution in [0.1, 0.15) is 73.5 Å². The molecule has 0 spiro atoms. The summed E-state index contributed by atoms with van der Waals surface area (Å²) in [6, 6.07) is 18.2. The van der Waals surface area contributed by atoms with Crippen LogP contribution >= 0.6 is 22.7 Å². The molecule has 1 aliphatic carbocycles. The molecule has 6 aromatic rings. The minimum Gasteiger partial charge on any atom is -0.507 e. The van der Waals surface area contributed by atoms with Crippen LogP contribution < -0.4 is 10.2 Å². The lowest BCUT2D eigenvalue weighted by Crippen LogP contribution is -2.51. The van der Waals surface area contributed by atoms with E-state index >= 15 is 0 Å². The monoisotopic (exact) mass is 900 g/mol. The summed E-state index contributed by atoms with van der Waals surface area (Å²) < 4.78 is 5.89. The number of fused-ring (bicyclic) bond motifs is 5. The number of hydrogen-bond acceptors (Lipinski definition) is 13. The highest BCUT2D eigenvalue weighted by atomic mass is 32.1. The number of carbonyl (C=O) groups excluding carboxylic acids is 3. The van der Waals surface area contributed by atoms with Gasteiger partial charge in [0.15, 0.2) is 5.82 Å². The molecule has 332 valence electrons. The molecule has 3 N–H and O–H groups in total. The minimum atomic E-state index is -0.802. The number of thiophene rings is 1. The number of nitrogens with zero attached hydrogens (tertiary/aromatic N) is 7. The number of β-amino-alcohol motifs (C(OH)–C–C–N with tert-alkyl or cyclic N) is 1. The Hall–Kier alpha value is -5.71. The van der Waals surface area contributed by atoms with E-state index < -0.39 is 18.1 Å². The fraction of sp³-hybridized carbons (Fsp3) is 0.438. The summed E-state index contributed by atoms with van der Waals surface area (Å²) in [5.74, 6) is 0.482. The molecule has 7 heterocycles. The molecule has 0 saturated carbocycles. The van der Waals surface area contributed by atoms with Gasteiger partial charge in [-0.2, -0.15) is 0 Å². The lowest BCUT2D eigenvalue weighted by molar-refractivity contribution is -0.143. The Morgan fingerprint density at radius 3 is 2.52 bits per heavy atom. The minimum absolute atomic E-state index is 0.0698. The van der Waals surface area contributed by atoms with E-state index in [1.165, 1.54) is 10.4 Å². The van der Waals surface area contributed by atoms with Gasteiger partial charge in [0.05, 0.1) is 46.0 Å². The van der Waals surface area contributed by atoms with Gasteiger partial charge < -0.3 is 34.8 Å². The van der Waals surface area contributed by atoms with Gasteiger partial charge in [0.2, 0.25) is 17.7 Å². The highest BCUT2D eigenvalue weighted by Crippen LogP contribution is 2.42. The lowest BCUT2D eigenvalue weighted by Gasteiger charge is -2.36. The Morgan fingerprint density at radius 1 is 0.969 bits per heavy atom. The van der Waals surface area contributed by atoms with Crippen molar-refractivity contribution in [2.24, 2.45) is 17.8 Å². The third kappa shape index (κ3) is 7.83. The van der Waals surface area contributed by atoms with Crippen molar-refractivity contribution in [1.29, 1.82) is 0 Å². The number of aromatic hydroxyl groups is 1. The van der Waals surface area contributed by atoms with Gasteiger partial charge in [-0.05, 0) is 80.3 Å².